The second-order valence-electron chi connectivity index (χ2n) is 8.91. The molecule has 1 amide bonds. The maximum Gasteiger partial charge on any atom is 0.255 e. The van der Waals surface area contributed by atoms with Gasteiger partial charge in [0, 0.05) is 17.1 Å². The van der Waals surface area contributed by atoms with Crippen molar-refractivity contribution in [3.63, 3.8) is 0 Å². The van der Waals surface area contributed by atoms with E-state index in [1.54, 1.807) is 18.9 Å². The summed E-state index contributed by atoms with van der Waals surface area (Å²) in [5.41, 5.74) is 5.06. The molecule has 3 aromatic carbocycles. The van der Waals surface area contributed by atoms with E-state index in [0.717, 1.165) is 39.6 Å². The number of aryl methyl sites for hydroxylation is 1. The molecule has 1 aliphatic rings. The molecule has 0 saturated heterocycles. The van der Waals surface area contributed by atoms with Gasteiger partial charge >= 0.3 is 0 Å². The first-order valence-corrected chi connectivity index (χ1v) is 13.2. The molecule has 0 radical (unpaired) electrons. The predicted octanol–water partition coefficient (Wildman–Crippen LogP) is 5.82. The van der Waals surface area contributed by atoms with Gasteiger partial charge in [0.1, 0.15) is 17.5 Å². The number of allylic oxidation sites excluding steroid dienone is 1. The molecule has 0 unspecified atom stereocenters. The number of methoxy groups -OCH3 is 2. The van der Waals surface area contributed by atoms with Gasteiger partial charge in [-0.3, -0.25) is 4.79 Å². The van der Waals surface area contributed by atoms with Crippen LogP contribution in [-0.4, -0.2) is 34.9 Å². The van der Waals surface area contributed by atoms with Crippen LogP contribution < -0.4 is 20.1 Å². The molecule has 1 atom stereocenters. The van der Waals surface area contributed by atoms with Crippen LogP contribution in [0.2, 0.25) is 0 Å². The number of hydrogen-bond donors (Lipinski definition) is 2. The van der Waals surface area contributed by atoms with E-state index in [4.69, 9.17) is 19.6 Å². The average molecular weight is 528 g/mol. The fourth-order valence-electron chi connectivity index (χ4n) is 4.39. The molecule has 2 heterocycles. The lowest BCUT2D eigenvalue weighted by atomic mass is 9.95. The van der Waals surface area contributed by atoms with E-state index in [1.165, 1.54) is 11.8 Å². The third kappa shape index (κ3) is 5.24. The number of hydrogen-bond acceptors (Lipinski definition) is 7. The summed E-state index contributed by atoms with van der Waals surface area (Å²) in [5.74, 6) is 2.62. The Balaban J connectivity index is 1.48. The van der Waals surface area contributed by atoms with Gasteiger partial charge in [-0.2, -0.15) is 4.98 Å². The maximum atomic E-state index is 13.7. The predicted molar refractivity (Wildman–Crippen MR) is 150 cm³/mol. The van der Waals surface area contributed by atoms with Crippen LogP contribution in [-0.2, 0) is 10.5 Å². The van der Waals surface area contributed by atoms with Crippen LogP contribution in [0.4, 0.5) is 11.6 Å². The standard InChI is InChI=1S/C29H29N5O3S/c1-18-8-5-6-11-24(18)31-27(35)25-19(2)30-28-32-29(38-17-20-9-7-10-23(16-20)37-4)33-34(28)26(25)21-12-14-22(36-3)15-13-21/h5-16,26H,17H2,1-4H3,(H,31,35)(H,30,32,33)/t26-/m0/s1. The van der Waals surface area contributed by atoms with Crippen LogP contribution >= 0.6 is 11.8 Å². The molecule has 194 valence electrons. The van der Waals surface area contributed by atoms with Gasteiger partial charge in [-0.1, -0.05) is 54.2 Å². The number of benzene rings is 3. The first-order valence-electron chi connectivity index (χ1n) is 12.2. The summed E-state index contributed by atoms with van der Waals surface area (Å²) in [6.45, 7) is 3.86. The summed E-state index contributed by atoms with van der Waals surface area (Å²) in [6.07, 6.45) is 0. The van der Waals surface area contributed by atoms with Gasteiger partial charge in [-0.15, -0.1) is 5.10 Å². The number of para-hydroxylation sites is 1. The van der Waals surface area contributed by atoms with Gasteiger partial charge in [0.2, 0.25) is 11.1 Å². The molecule has 38 heavy (non-hydrogen) atoms. The number of aromatic nitrogens is 3. The second kappa shape index (κ2) is 11.0. The van der Waals surface area contributed by atoms with Crippen molar-refractivity contribution in [1.82, 2.24) is 14.8 Å². The zero-order chi connectivity index (χ0) is 26.6. The Morgan fingerprint density at radius 2 is 1.76 bits per heavy atom. The first kappa shape index (κ1) is 25.4. The molecule has 4 aromatic rings. The van der Waals surface area contributed by atoms with Gasteiger partial charge in [-0.05, 0) is 60.9 Å². The van der Waals surface area contributed by atoms with E-state index in [2.05, 4.69) is 10.6 Å². The van der Waals surface area contributed by atoms with Crippen molar-refractivity contribution in [1.29, 1.82) is 0 Å². The van der Waals surface area contributed by atoms with Gasteiger partial charge in [0.05, 0.1) is 19.8 Å². The van der Waals surface area contributed by atoms with E-state index in [-0.39, 0.29) is 5.91 Å². The Morgan fingerprint density at radius 3 is 2.50 bits per heavy atom. The highest BCUT2D eigenvalue weighted by atomic mass is 32.2. The molecular formula is C29H29N5O3S. The molecule has 1 aromatic heterocycles. The van der Waals surface area contributed by atoms with E-state index >= 15 is 0 Å². The molecule has 9 heteroatoms. The number of thioether (sulfide) groups is 1. The molecule has 0 saturated carbocycles. The Bertz CT molecular complexity index is 1500. The zero-order valence-electron chi connectivity index (χ0n) is 21.7. The Morgan fingerprint density at radius 1 is 1.00 bits per heavy atom. The Hall–Kier alpha value is -4.24. The van der Waals surface area contributed by atoms with Crippen molar-refractivity contribution in [2.45, 2.75) is 30.8 Å². The number of carbonyl (C=O) groups is 1. The monoisotopic (exact) mass is 527 g/mol. The van der Waals surface area contributed by atoms with Crippen molar-refractivity contribution in [3.8, 4) is 11.5 Å². The number of ether oxygens (including phenoxy) is 2. The number of nitrogens with zero attached hydrogens (tertiary/aromatic N) is 3. The number of fused-ring (bicyclic) bond motifs is 1. The zero-order valence-corrected chi connectivity index (χ0v) is 22.5. The molecular weight excluding hydrogens is 498 g/mol. The minimum absolute atomic E-state index is 0.197. The summed E-state index contributed by atoms with van der Waals surface area (Å²) >= 11 is 1.53. The van der Waals surface area contributed by atoms with Crippen LogP contribution in [0.3, 0.4) is 0 Å². The van der Waals surface area contributed by atoms with Gasteiger partial charge in [-0.25, -0.2) is 4.68 Å². The van der Waals surface area contributed by atoms with E-state index in [0.29, 0.717) is 22.4 Å². The van der Waals surface area contributed by atoms with Crippen molar-refractivity contribution < 1.29 is 14.3 Å². The molecule has 1 aliphatic heterocycles. The van der Waals surface area contributed by atoms with Crippen molar-refractivity contribution in [2.75, 3.05) is 24.9 Å². The number of rotatable bonds is 8. The third-order valence-electron chi connectivity index (χ3n) is 6.40. The minimum atomic E-state index is -0.472. The van der Waals surface area contributed by atoms with Gasteiger partial charge in [0.25, 0.3) is 5.91 Å². The van der Waals surface area contributed by atoms with Crippen LogP contribution in [0.15, 0.2) is 89.2 Å². The number of nitrogens with one attached hydrogen (secondary N) is 2. The van der Waals surface area contributed by atoms with E-state index in [1.807, 2.05) is 86.6 Å². The molecule has 2 N–H and O–H groups in total. The summed E-state index contributed by atoms with van der Waals surface area (Å²) in [6, 6.07) is 22.9. The van der Waals surface area contributed by atoms with Gasteiger partial charge < -0.3 is 20.1 Å². The molecule has 0 aliphatic carbocycles. The lowest BCUT2D eigenvalue weighted by molar-refractivity contribution is -0.113. The number of amides is 1. The fraction of sp³-hybridized carbons (Fsp3) is 0.207. The van der Waals surface area contributed by atoms with Crippen LogP contribution in [0, 0.1) is 6.92 Å². The smallest absolute Gasteiger partial charge is 0.255 e. The Kier molecular flexibility index (Phi) is 7.37. The van der Waals surface area contributed by atoms with Crippen LogP contribution in [0.1, 0.15) is 29.7 Å². The van der Waals surface area contributed by atoms with E-state index < -0.39 is 6.04 Å². The normalized spacial score (nSPS) is 14.5. The quantitative estimate of drug-likeness (QED) is 0.279. The summed E-state index contributed by atoms with van der Waals surface area (Å²) in [4.78, 5) is 18.5. The van der Waals surface area contributed by atoms with Crippen molar-refractivity contribution in [2.24, 2.45) is 0 Å². The highest BCUT2D eigenvalue weighted by molar-refractivity contribution is 7.98. The minimum Gasteiger partial charge on any atom is -0.497 e. The van der Waals surface area contributed by atoms with E-state index in [9.17, 15) is 4.79 Å². The highest BCUT2D eigenvalue weighted by Crippen LogP contribution is 2.37. The summed E-state index contributed by atoms with van der Waals surface area (Å²) < 4.78 is 12.5. The first-order chi connectivity index (χ1) is 18.5. The lowest BCUT2D eigenvalue weighted by Crippen LogP contribution is -2.31. The summed E-state index contributed by atoms with van der Waals surface area (Å²) in [5, 5.41) is 11.8. The van der Waals surface area contributed by atoms with Crippen molar-refractivity contribution in [3.05, 3.63) is 101 Å². The Labute approximate surface area is 226 Å². The van der Waals surface area contributed by atoms with Crippen LogP contribution in [0.25, 0.3) is 0 Å². The largest absolute Gasteiger partial charge is 0.497 e. The third-order valence-corrected chi connectivity index (χ3v) is 7.31. The topological polar surface area (TPSA) is 90.3 Å². The molecule has 8 nitrogen and oxygen atoms in total. The van der Waals surface area contributed by atoms with Crippen molar-refractivity contribution >= 4 is 29.3 Å². The fourth-order valence-corrected chi connectivity index (χ4v) is 5.17. The molecule has 0 spiro atoms. The number of anilines is 2. The SMILES string of the molecule is COc1ccc([C@H]2C(C(=O)Nc3ccccc3C)=C(C)Nc3nc(SCc4cccc(OC)c4)nn32)cc1. The van der Waals surface area contributed by atoms with Crippen LogP contribution in [0.5, 0.6) is 11.5 Å². The average Bonchev–Trinajstić information content (AvgIpc) is 3.35. The molecule has 0 bridgehead atoms. The van der Waals surface area contributed by atoms with Gasteiger partial charge in [0.15, 0.2) is 0 Å². The highest BCUT2D eigenvalue weighted by Gasteiger charge is 2.34. The lowest BCUT2D eigenvalue weighted by Gasteiger charge is -2.29. The molecule has 0 fully saturated rings. The second-order valence-corrected chi connectivity index (χ2v) is 9.85. The maximum absolute atomic E-state index is 13.7. The summed E-state index contributed by atoms with van der Waals surface area (Å²) in [7, 11) is 3.29. The molecule has 5 rings (SSSR count). The number of carbonyl (C=O) groups excluding carboxylic acids is 1.